The fourth-order valence-corrected chi connectivity index (χ4v) is 1.64. The number of nitrogens with two attached hydrogens (primary N) is 1. The van der Waals surface area contributed by atoms with Gasteiger partial charge in [0.2, 0.25) is 0 Å². The number of piperazine rings is 1. The summed E-state index contributed by atoms with van der Waals surface area (Å²) in [6.07, 6.45) is 1.37. The molecule has 1 rings (SSSR count). The van der Waals surface area contributed by atoms with Gasteiger partial charge in [-0.3, -0.25) is 4.90 Å². The van der Waals surface area contributed by atoms with E-state index in [1.807, 2.05) is 0 Å². The zero-order valence-electron chi connectivity index (χ0n) is 8.48. The molecule has 3 N–H and O–H groups in total. The van der Waals surface area contributed by atoms with Crippen LogP contribution >= 0.6 is 0 Å². The van der Waals surface area contributed by atoms with Crippen LogP contribution in [-0.4, -0.2) is 60.3 Å². The maximum absolute atomic E-state index is 10.6. The van der Waals surface area contributed by atoms with Crippen molar-refractivity contribution in [3.8, 4) is 0 Å². The molecule has 0 spiro atoms. The van der Waals surface area contributed by atoms with Crippen molar-refractivity contribution >= 4 is 6.09 Å². The fourth-order valence-electron chi connectivity index (χ4n) is 1.64. The van der Waals surface area contributed by atoms with E-state index in [-0.39, 0.29) is 0 Å². The first-order chi connectivity index (χ1) is 6.74. The smallest absolute Gasteiger partial charge is 0.407 e. The molecule has 0 aromatic rings. The Balaban J connectivity index is 2.12. The number of hydrogen-bond donors (Lipinski definition) is 2. The summed E-state index contributed by atoms with van der Waals surface area (Å²) < 4.78 is 0. The van der Waals surface area contributed by atoms with Gasteiger partial charge in [-0.15, -0.1) is 0 Å². The minimum Gasteiger partial charge on any atom is -0.465 e. The van der Waals surface area contributed by atoms with Crippen LogP contribution in [0.4, 0.5) is 4.79 Å². The lowest BCUT2D eigenvalue weighted by molar-refractivity contribution is 0.105. The van der Waals surface area contributed by atoms with Crippen LogP contribution in [-0.2, 0) is 0 Å². The lowest BCUT2D eigenvalue weighted by Gasteiger charge is -2.32. The number of hydrogen-bond acceptors (Lipinski definition) is 3. The van der Waals surface area contributed by atoms with Gasteiger partial charge in [-0.05, 0) is 25.9 Å². The molecule has 0 aliphatic carbocycles. The molecule has 0 saturated carbocycles. The molecule has 0 unspecified atom stereocenters. The molecule has 1 amide bonds. The van der Waals surface area contributed by atoms with Crippen LogP contribution in [0.3, 0.4) is 0 Å². The third-order valence-corrected chi connectivity index (χ3v) is 2.57. The number of rotatable bonds is 4. The van der Waals surface area contributed by atoms with Crippen molar-refractivity contribution in [1.82, 2.24) is 9.80 Å². The summed E-state index contributed by atoms with van der Waals surface area (Å²) in [7, 11) is 0. The lowest BCUT2D eigenvalue weighted by atomic mass is 10.2. The highest BCUT2D eigenvalue weighted by molar-refractivity contribution is 5.65. The number of unbranched alkanes of at least 4 members (excludes halogenated alkanes) is 1. The van der Waals surface area contributed by atoms with E-state index in [1.54, 1.807) is 0 Å². The fraction of sp³-hybridized carbons (Fsp3) is 0.889. The van der Waals surface area contributed by atoms with Crippen LogP contribution in [0.5, 0.6) is 0 Å². The van der Waals surface area contributed by atoms with Gasteiger partial charge in [-0.2, -0.15) is 0 Å². The Morgan fingerprint density at radius 1 is 1.21 bits per heavy atom. The summed E-state index contributed by atoms with van der Waals surface area (Å²) in [5, 5.41) is 8.73. The number of amides is 1. The minimum atomic E-state index is -0.799. The van der Waals surface area contributed by atoms with Crippen molar-refractivity contribution in [2.45, 2.75) is 12.8 Å². The summed E-state index contributed by atoms with van der Waals surface area (Å²) in [5.74, 6) is 0. The van der Waals surface area contributed by atoms with Gasteiger partial charge in [0.25, 0.3) is 0 Å². The average Bonchev–Trinajstić information content (AvgIpc) is 2.19. The van der Waals surface area contributed by atoms with E-state index in [9.17, 15) is 4.79 Å². The highest BCUT2D eigenvalue weighted by atomic mass is 16.4. The van der Waals surface area contributed by atoms with Gasteiger partial charge in [0.05, 0.1) is 0 Å². The van der Waals surface area contributed by atoms with E-state index in [0.29, 0.717) is 13.1 Å². The van der Waals surface area contributed by atoms with Crippen molar-refractivity contribution in [2.24, 2.45) is 5.73 Å². The minimum absolute atomic E-state index is 0.637. The monoisotopic (exact) mass is 201 g/mol. The third-order valence-electron chi connectivity index (χ3n) is 2.57. The van der Waals surface area contributed by atoms with E-state index < -0.39 is 6.09 Å². The molecule has 14 heavy (non-hydrogen) atoms. The van der Waals surface area contributed by atoms with Crippen LogP contribution in [0.1, 0.15) is 12.8 Å². The molecule has 1 aliphatic rings. The van der Waals surface area contributed by atoms with Gasteiger partial charge in [0, 0.05) is 26.2 Å². The second-order valence-corrected chi connectivity index (χ2v) is 3.61. The summed E-state index contributed by atoms with van der Waals surface area (Å²) in [4.78, 5) is 14.4. The molecule has 1 saturated heterocycles. The van der Waals surface area contributed by atoms with E-state index in [2.05, 4.69) is 4.90 Å². The van der Waals surface area contributed by atoms with E-state index in [1.165, 1.54) is 4.90 Å². The van der Waals surface area contributed by atoms with Crippen LogP contribution in [0.25, 0.3) is 0 Å². The number of nitrogens with zero attached hydrogens (tertiary/aromatic N) is 2. The second-order valence-electron chi connectivity index (χ2n) is 3.61. The topological polar surface area (TPSA) is 69.8 Å². The highest BCUT2D eigenvalue weighted by Gasteiger charge is 2.19. The van der Waals surface area contributed by atoms with E-state index in [0.717, 1.165) is 39.0 Å². The van der Waals surface area contributed by atoms with E-state index in [4.69, 9.17) is 10.8 Å². The van der Waals surface area contributed by atoms with Crippen molar-refractivity contribution in [3.05, 3.63) is 0 Å². The normalized spacial score (nSPS) is 18.5. The zero-order chi connectivity index (χ0) is 10.4. The predicted molar refractivity (Wildman–Crippen MR) is 54.3 cm³/mol. The standard InChI is InChI=1S/C9H19N3O2/c10-3-1-2-4-11-5-7-12(8-6-11)9(13)14/h1-8,10H2,(H,13,14). The summed E-state index contributed by atoms with van der Waals surface area (Å²) in [6, 6.07) is 0. The molecule has 1 fully saturated rings. The number of carbonyl (C=O) groups is 1. The predicted octanol–water partition coefficient (Wildman–Crippen LogP) is 0.0209. The Kier molecular flexibility index (Phi) is 4.69. The molecule has 0 aromatic carbocycles. The van der Waals surface area contributed by atoms with Gasteiger partial charge >= 0.3 is 6.09 Å². The molecule has 82 valence electrons. The molecule has 5 heteroatoms. The Labute approximate surface area is 84.5 Å². The Morgan fingerprint density at radius 3 is 2.36 bits per heavy atom. The molecule has 0 atom stereocenters. The van der Waals surface area contributed by atoms with E-state index >= 15 is 0 Å². The second kappa shape index (κ2) is 5.82. The van der Waals surface area contributed by atoms with Crippen molar-refractivity contribution in [2.75, 3.05) is 39.3 Å². The highest BCUT2D eigenvalue weighted by Crippen LogP contribution is 2.03. The Morgan fingerprint density at radius 2 is 1.86 bits per heavy atom. The van der Waals surface area contributed by atoms with Crippen LogP contribution in [0.15, 0.2) is 0 Å². The van der Waals surface area contributed by atoms with Gasteiger partial charge in [-0.25, -0.2) is 4.79 Å². The first kappa shape index (κ1) is 11.3. The molecule has 0 aromatic heterocycles. The van der Waals surface area contributed by atoms with Crippen LogP contribution < -0.4 is 5.73 Å². The maximum Gasteiger partial charge on any atom is 0.407 e. The van der Waals surface area contributed by atoms with Crippen molar-refractivity contribution in [1.29, 1.82) is 0 Å². The summed E-state index contributed by atoms with van der Waals surface area (Å²) >= 11 is 0. The zero-order valence-corrected chi connectivity index (χ0v) is 8.48. The molecule has 0 radical (unpaired) electrons. The molecular formula is C9H19N3O2. The molecule has 5 nitrogen and oxygen atoms in total. The lowest BCUT2D eigenvalue weighted by Crippen LogP contribution is -2.48. The number of carboxylic acid groups (broad SMARTS) is 1. The van der Waals surface area contributed by atoms with Crippen LogP contribution in [0, 0.1) is 0 Å². The first-order valence-corrected chi connectivity index (χ1v) is 5.14. The summed E-state index contributed by atoms with van der Waals surface area (Å²) in [6.45, 7) is 4.78. The largest absolute Gasteiger partial charge is 0.465 e. The quantitative estimate of drug-likeness (QED) is 0.629. The first-order valence-electron chi connectivity index (χ1n) is 5.14. The van der Waals surface area contributed by atoms with Gasteiger partial charge in [0.15, 0.2) is 0 Å². The SMILES string of the molecule is NCCCCN1CCN(C(=O)O)CC1. The molecule has 0 bridgehead atoms. The van der Waals surface area contributed by atoms with Crippen molar-refractivity contribution in [3.63, 3.8) is 0 Å². The molecule has 1 heterocycles. The van der Waals surface area contributed by atoms with Crippen LogP contribution in [0.2, 0.25) is 0 Å². The third kappa shape index (κ3) is 3.51. The Hall–Kier alpha value is -0.810. The van der Waals surface area contributed by atoms with Gasteiger partial charge < -0.3 is 15.7 Å². The molecule has 1 aliphatic heterocycles. The van der Waals surface area contributed by atoms with Gasteiger partial charge in [-0.1, -0.05) is 0 Å². The van der Waals surface area contributed by atoms with Crippen molar-refractivity contribution < 1.29 is 9.90 Å². The maximum atomic E-state index is 10.6. The average molecular weight is 201 g/mol. The Bertz CT molecular complexity index is 179. The summed E-state index contributed by atoms with van der Waals surface area (Å²) in [5.41, 5.74) is 5.40. The molecular weight excluding hydrogens is 182 g/mol. The van der Waals surface area contributed by atoms with Gasteiger partial charge in [0.1, 0.15) is 0 Å².